The Morgan fingerprint density at radius 3 is 1.62 bits per heavy atom. The van der Waals surface area contributed by atoms with Crippen LogP contribution in [0.5, 0.6) is 0 Å². The van der Waals surface area contributed by atoms with Gasteiger partial charge in [-0.15, -0.1) is 0 Å². The van der Waals surface area contributed by atoms with Crippen LogP contribution in [-0.4, -0.2) is 47.2 Å². The maximum absolute atomic E-state index is 10.3. The lowest BCUT2D eigenvalue weighted by atomic mass is 10.0. The molecule has 5 nitrogen and oxygen atoms in total. The Balaban J connectivity index is 0. The van der Waals surface area contributed by atoms with Crippen LogP contribution in [0.3, 0.4) is 0 Å². The monoisotopic (exact) mass is 418 g/mol. The first-order valence-electron chi connectivity index (χ1n) is 12.2. The fourth-order valence-electron chi connectivity index (χ4n) is 3.10. The zero-order chi connectivity index (χ0) is 22.0. The van der Waals surface area contributed by atoms with Gasteiger partial charge in [0.05, 0.1) is 25.9 Å². The van der Waals surface area contributed by atoms with E-state index in [1.165, 1.54) is 70.6 Å². The Bertz CT molecular complexity index is 310. The largest absolute Gasteiger partial charge is 0.481 e. The van der Waals surface area contributed by atoms with E-state index in [0.29, 0.717) is 19.6 Å². The first-order chi connectivity index (χ1) is 14.1. The van der Waals surface area contributed by atoms with Gasteiger partial charge in [0.1, 0.15) is 0 Å². The Hall–Kier alpha value is -0.650. The summed E-state index contributed by atoms with van der Waals surface area (Å²) in [5.41, 5.74) is 0. The van der Waals surface area contributed by atoms with Crippen molar-refractivity contribution < 1.29 is 24.9 Å². The van der Waals surface area contributed by atoms with Gasteiger partial charge in [-0.05, 0) is 12.8 Å². The Morgan fingerprint density at radius 2 is 1.21 bits per heavy atom. The van der Waals surface area contributed by atoms with Crippen molar-refractivity contribution in [2.24, 2.45) is 0 Å². The van der Waals surface area contributed by atoms with Gasteiger partial charge in [0.15, 0.2) is 0 Å². The van der Waals surface area contributed by atoms with E-state index >= 15 is 0 Å². The summed E-state index contributed by atoms with van der Waals surface area (Å²) in [5.74, 6) is -0.655. The maximum atomic E-state index is 10.3. The maximum Gasteiger partial charge on any atom is 0.303 e. The summed E-state index contributed by atoms with van der Waals surface area (Å²) < 4.78 is 4.94. The predicted molar refractivity (Wildman–Crippen MR) is 121 cm³/mol. The summed E-state index contributed by atoms with van der Waals surface area (Å²) in [6.45, 7) is 5.04. The van der Waals surface area contributed by atoms with Gasteiger partial charge < -0.3 is 20.1 Å². The smallest absolute Gasteiger partial charge is 0.303 e. The molecule has 0 radical (unpaired) electrons. The van der Waals surface area contributed by atoms with Crippen LogP contribution in [0.2, 0.25) is 0 Å². The summed E-state index contributed by atoms with van der Waals surface area (Å²) in [6.07, 6.45) is 19.8. The minimum Gasteiger partial charge on any atom is -0.481 e. The van der Waals surface area contributed by atoms with Crippen molar-refractivity contribution in [2.45, 2.75) is 129 Å². The van der Waals surface area contributed by atoms with E-state index in [-0.39, 0.29) is 12.7 Å². The van der Waals surface area contributed by atoms with Crippen LogP contribution < -0.4 is 0 Å². The van der Waals surface area contributed by atoms with Crippen molar-refractivity contribution in [2.75, 3.05) is 19.8 Å². The quantitative estimate of drug-likeness (QED) is 0.196. The highest BCUT2D eigenvalue weighted by Gasteiger charge is 2.02. The van der Waals surface area contributed by atoms with Gasteiger partial charge >= 0.3 is 5.97 Å². The molecular formula is C24H50O5. The number of hydrogen-bond acceptors (Lipinski definition) is 4. The highest BCUT2D eigenvalue weighted by atomic mass is 16.5. The predicted octanol–water partition coefficient (Wildman–Crippen LogP) is 6.10. The molecule has 0 aromatic rings. The third kappa shape index (κ3) is 32.2. The number of aliphatic hydroxyl groups excluding tert-OH is 2. The molecule has 1 atom stereocenters. The van der Waals surface area contributed by atoms with Crippen molar-refractivity contribution >= 4 is 5.97 Å². The minimum absolute atomic E-state index is 0.0283. The zero-order valence-electron chi connectivity index (χ0n) is 19.4. The van der Waals surface area contributed by atoms with Crippen LogP contribution >= 0.6 is 0 Å². The van der Waals surface area contributed by atoms with Gasteiger partial charge in [-0.1, -0.05) is 104 Å². The van der Waals surface area contributed by atoms with E-state index in [1.54, 1.807) is 0 Å². The first kappa shape index (κ1) is 30.5. The first-order valence-corrected chi connectivity index (χ1v) is 12.2. The van der Waals surface area contributed by atoms with E-state index in [2.05, 4.69) is 13.8 Å². The number of rotatable bonds is 21. The normalized spacial score (nSPS) is 11.7. The SMILES string of the molecule is CCCCC(O)COCCO.CCCCCCCCCCCCCCCC(=O)O. The summed E-state index contributed by atoms with van der Waals surface area (Å²) in [4.78, 5) is 10.3. The number of ether oxygens (including phenoxy) is 1. The Kier molecular flexibility index (Phi) is 28.8. The molecule has 0 saturated heterocycles. The van der Waals surface area contributed by atoms with Crippen molar-refractivity contribution in [3.8, 4) is 0 Å². The molecule has 0 aliphatic rings. The van der Waals surface area contributed by atoms with Gasteiger partial charge in [-0.25, -0.2) is 0 Å². The average Bonchev–Trinajstić information content (AvgIpc) is 2.70. The number of aliphatic carboxylic acids is 1. The van der Waals surface area contributed by atoms with Crippen molar-refractivity contribution in [1.29, 1.82) is 0 Å². The van der Waals surface area contributed by atoms with E-state index < -0.39 is 5.97 Å². The van der Waals surface area contributed by atoms with Crippen molar-refractivity contribution in [1.82, 2.24) is 0 Å². The number of hydrogen-bond donors (Lipinski definition) is 3. The fraction of sp³-hybridized carbons (Fsp3) is 0.958. The average molecular weight is 419 g/mol. The number of carboxylic acid groups (broad SMARTS) is 1. The molecule has 0 rings (SSSR count). The number of unbranched alkanes of at least 4 members (excludes halogenated alkanes) is 13. The molecule has 0 fully saturated rings. The lowest BCUT2D eigenvalue weighted by Gasteiger charge is -2.09. The molecule has 176 valence electrons. The van der Waals surface area contributed by atoms with Gasteiger partial charge in [0.2, 0.25) is 0 Å². The molecule has 0 aliphatic heterocycles. The lowest BCUT2D eigenvalue weighted by molar-refractivity contribution is -0.137. The van der Waals surface area contributed by atoms with Gasteiger partial charge in [-0.3, -0.25) is 4.79 Å². The topological polar surface area (TPSA) is 87.0 Å². The summed E-state index contributed by atoms with van der Waals surface area (Å²) in [7, 11) is 0. The molecule has 0 aromatic carbocycles. The van der Waals surface area contributed by atoms with Crippen LogP contribution in [0.25, 0.3) is 0 Å². The van der Waals surface area contributed by atoms with Crippen molar-refractivity contribution in [3.63, 3.8) is 0 Å². The third-order valence-electron chi connectivity index (χ3n) is 4.93. The molecule has 5 heteroatoms. The van der Waals surface area contributed by atoms with Crippen molar-refractivity contribution in [3.05, 3.63) is 0 Å². The van der Waals surface area contributed by atoms with Crippen LogP contribution in [-0.2, 0) is 9.53 Å². The molecule has 0 aromatic heterocycles. The summed E-state index contributed by atoms with van der Waals surface area (Å²) >= 11 is 0. The zero-order valence-corrected chi connectivity index (χ0v) is 19.4. The molecule has 29 heavy (non-hydrogen) atoms. The van der Waals surface area contributed by atoms with E-state index in [0.717, 1.165) is 32.1 Å². The Labute approximate surface area is 180 Å². The molecule has 3 N–H and O–H groups in total. The number of carbonyl (C=O) groups is 1. The summed E-state index contributed by atoms with van der Waals surface area (Å²) in [5, 5.41) is 26.0. The molecule has 0 spiro atoms. The van der Waals surface area contributed by atoms with Crippen LogP contribution in [0.15, 0.2) is 0 Å². The third-order valence-corrected chi connectivity index (χ3v) is 4.93. The second-order valence-corrected chi connectivity index (χ2v) is 7.98. The van der Waals surface area contributed by atoms with Gasteiger partial charge in [0, 0.05) is 6.42 Å². The standard InChI is InChI=1S/C16H32O2.C8H18O3/c1-2-3-4-5-6-7-8-9-10-11-12-13-14-15-16(17)18;1-2-3-4-8(10)7-11-6-5-9/h2-15H2,1H3,(H,17,18);8-10H,2-7H2,1H3. The van der Waals surface area contributed by atoms with Gasteiger partial charge in [-0.2, -0.15) is 0 Å². The van der Waals surface area contributed by atoms with Crippen LogP contribution in [0, 0.1) is 0 Å². The molecule has 0 bridgehead atoms. The minimum atomic E-state index is -0.655. The molecular weight excluding hydrogens is 368 g/mol. The highest BCUT2D eigenvalue weighted by Crippen LogP contribution is 2.12. The van der Waals surface area contributed by atoms with Gasteiger partial charge in [0.25, 0.3) is 0 Å². The fourth-order valence-corrected chi connectivity index (χ4v) is 3.10. The highest BCUT2D eigenvalue weighted by molar-refractivity contribution is 5.66. The molecule has 0 aliphatic carbocycles. The number of aliphatic hydroxyl groups is 2. The van der Waals surface area contributed by atoms with E-state index in [9.17, 15) is 9.90 Å². The second-order valence-electron chi connectivity index (χ2n) is 7.98. The van der Waals surface area contributed by atoms with Crippen LogP contribution in [0.4, 0.5) is 0 Å². The summed E-state index contributed by atoms with van der Waals surface area (Å²) in [6, 6.07) is 0. The molecule has 0 saturated carbocycles. The second kappa shape index (κ2) is 27.4. The Morgan fingerprint density at radius 1 is 0.759 bits per heavy atom. The molecule has 0 amide bonds. The number of carboxylic acids is 1. The van der Waals surface area contributed by atoms with Crippen LogP contribution in [0.1, 0.15) is 123 Å². The molecule has 1 unspecified atom stereocenters. The lowest BCUT2D eigenvalue weighted by Crippen LogP contribution is -2.16. The van der Waals surface area contributed by atoms with E-state index in [4.69, 9.17) is 14.9 Å². The van der Waals surface area contributed by atoms with E-state index in [1.807, 2.05) is 0 Å². The molecule has 0 heterocycles.